The van der Waals surface area contributed by atoms with Gasteiger partial charge in [0.1, 0.15) is 0 Å². The van der Waals surface area contributed by atoms with E-state index in [9.17, 15) is 19.8 Å². The van der Waals surface area contributed by atoms with Crippen LogP contribution < -0.4 is 5.32 Å². The predicted molar refractivity (Wildman–Crippen MR) is 329 cm³/mol. The summed E-state index contributed by atoms with van der Waals surface area (Å²) in [6.07, 6.45) is 81.8. The predicted octanol–water partition coefficient (Wildman–Crippen LogP) is 21.5. The third-order valence-electron chi connectivity index (χ3n) is 15.7. The highest BCUT2D eigenvalue weighted by Crippen LogP contribution is 2.18. The zero-order valence-corrected chi connectivity index (χ0v) is 50.5. The molecular formula is C69H131NO5. The highest BCUT2D eigenvalue weighted by molar-refractivity contribution is 5.76. The third kappa shape index (κ3) is 61.2. The van der Waals surface area contributed by atoms with Gasteiger partial charge in [-0.3, -0.25) is 9.59 Å². The molecule has 0 spiro atoms. The molecule has 0 saturated heterocycles. The molecule has 0 aliphatic carbocycles. The van der Waals surface area contributed by atoms with Crippen molar-refractivity contribution in [1.29, 1.82) is 0 Å². The smallest absolute Gasteiger partial charge is 0.305 e. The second-order valence-electron chi connectivity index (χ2n) is 23.1. The summed E-state index contributed by atoms with van der Waals surface area (Å²) in [5.41, 5.74) is 0. The lowest BCUT2D eigenvalue weighted by atomic mass is 10.0. The molecule has 0 aromatic carbocycles. The van der Waals surface area contributed by atoms with Crippen LogP contribution in [0.25, 0.3) is 0 Å². The average Bonchev–Trinajstić information content (AvgIpc) is 3.41. The Morgan fingerprint density at radius 1 is 0.373 bits per heavy atom. The molecule has 0 heterocycles. The van der Waals surface area contributed by atoms with Crippen LogP contribution in [0.4, 0.5) is 0 Å². The fourth-order valence-electron chi connectivity index (χ4n) is 10.5. The molecule has 2 unspecified atom stereocenters. The number of carbonyl (C=O) groups excluding carboxylic acids is 2. The maximum absolute atomic E-state index is 12.5. The monoisotopic (exact) mass is 1050 g/mol. The maximum atomic E-state index is 12.5. The largest absolute Gasteiger partial charge is 0.466 e. The maximum Gasteiger partial charge on any atom is 0.305 e. The number of carbonyl (C=O) groups is 2. The molecule has 0 aliphatic heterocycles. The molecule has 2 atom stereocenters. The summed E-state index contributed by atoms with van der Waals surface area (Å²) >= 11 is 0. The van der Waals surface area contributed by atoms with Crippen LogP contribution in [0.5, 0.6) is 0 Å². The van der Waals surface area contributed by atoms with Gasteiger partial charge in [-0.05, 0) is 83.5 Å². The van der Waals surface area contributed by atoms with Gasteiger partial charge in [0.05, 0.1) is 25.4 Å². The molecule has 0 aromatic rings. The molecule has 75 heavy (non-hydrogen) atoms. The molecular weight excluding hydrogens is 923 g/mol. The Bertz CT molecular complexity index is 1210. The number of rotatable bonds is 63. The minimum atomic E-state index is -0.663. The normalized spacial score (nSPS) is 12.7. The molecule has 0 aliphatic rings. The van der Waals surface area contributed by atoms with Crippen LogP contribution >= 0.6 is 0 Å². The minimum Gasteiger partial charge on any atom is -0.466 e. The highest BCUT2D eigenvalue weighted by atomic mass is 16.5. The van der Waals surface area contributed by atoms with Gasteiger partial charge >= 0.3 is 5.97 Å². The molecule has 0 bridgehead atoms. The van der Waals surface area contributed by atoms with E-state index in [1.165, 1.54) is 283 Å². The summed E-state index contributed by atoms with van der Waals surface area (Å²) < 4.78 is 5.50. The molecule has 0 rings (SSSR count). The van der Waals surface area contributed by atoms with Gasteiger partial charge in [-0.25, -0.2) is 0 Å². The number of ether oxygens (including phenoxy) is 1. The number of hydrogen-bond donors (Lipinski definition) is 3. The van der Waals surface area contributed by atoms with Crippen molar-refractivity contribution in [2.24, 2.45) is 0 Å². The van der Waals surface area contributed by atoms with Gasteiger partial charge in [0.15, 0.2) is 0 Å². The topological polar surface area (TPSA) is 95.9 Å². The zero-order chi connectivity index (χ0) is 54.3. The number of aliphatic hydroxyl groups excluding tert-OH is 2. The summed E-state index contributed by atoms with van der Waals surface area (Å²) in [5, 5.41) is 23.2. The molecule has 0 aromatic heterocycles. The van der Waals surface area contributed by atoms with Crippen molar-refractivity contribution in [1.82, 2.24) is 5.32 Å². The average molecular weight is 1050 g/mol. The molecule has 0 fully saturated rings. The van der Waals surface area contributed by atoms with Gasteiger partial charge in [-0.15, -0.1) is 0 Å². The number of unbranched alkanes of at least 4 members (excludes halogenated alkanes) is 46. The van der Waals surface area contributed by atoms with E-state index < -0.39 is 12.1 Å². The lowest BCUT2D eigenvalue weighted by molar-refractivity contribution is -0.143. The van der Waals surface area contributed by atoms with E-state index in [1.54, 1.807) is 0 Å². The lowest BCUT2D eigenvalue weighted by Crippen LogP contribution is -2.45. The van der Waals surface area contributed by atoms with Crippen LogP contribution in [-0.4, -0.2) is 47.4 Å². The first-order chi connectivity index (χ1) is 37.0. The number of amides is 1. The van der Waals surface area contributed by atoms with Crippen LogP contribution in [0.2, 0.25) is 0 Å². The standard InChI is InChI=1S/C69H131NO5/c1-3-5-7-9-11-13-15-17-18-32-36-39-43-47-51-55-59-63-69(74)75-64-60-56-52-48-44-40-37-34-31-29-27-25-23-21-19-20-22-24-26-28-30-33-35-38-42-46-50-54-58-62-68(73)70-66(65-71)67(72)61-57-53-49-45-41-16-14-12-10-8-6-4-2/h11,13,17-19,21,66-67,71-72H,3-10,12,14-16,20,22-65H2,1-2H3,(H,70,73)/b13-11-,18-17-,21-19-. The summed E-state index contributed by atoms with van der Waals surface area (Å²) in [7, 11) is 0. The summed E-state index contributed by atoms with van der Waals surface area (Å²) in [5.74, 6) is -0.0245. The van der Waals surface area contributed by atoms with E-state index in [4.69, 9.17) is 4.74 Å². The van der Waals surface area contributed by atoms with Gasteiger partial charge in [0.25, 0.3) is 0 Å². The van der Waals surface area contributed by atoms with Crippen molar-refractivity contribution in [3.8, 4) is 0 Å². The van der Waals surface area contributed by atoms with Crippen LogP contribution in [0.3, 0.4) is 0 Å². The Morgan fingerprint density at radius 3 is 1.05 bits per heavy atom. The molecule has 6 heteroatoms. The molecule has 0 radical (unpaired) electrons. The molecule has 0 saturated carbocycles. The second-order valence-corrected chi connectivity index (χ2v) is 23.1. The van der Waals surface area contributed by atoms with Crippen LogP contribution in [0, 0.1) is 0 Å². The van der Waals surface area contributed by atoms with Crippen LogP contribution in [-0.2, 0) is 14.3 Å². The van der Waals surface area contributed by atoms with Crippen molar-refractivity contribution in [3.05, 3.63) is 36.5 Å². The molecule has 3 N–H and O–H groups in total. The zero-order valence-electron chi connectivity index (χ0n) is 50.5. The summed E-state index contributed by atoms with van der Waals surface area (Å²) in [6.45, 7) is 4.94. The van der Waals surface area contributed by atoms with E-state index >= 15 is 0 Å². The Hall–Kier alpha value is -1.92. The fraction of sp³-hybridized carbons (Fsp3) is 0.884. The first kappa shape index (κ1) is 73.1. The first-order valence-electron chi connectivity index (χ1n) is 33.7. The van der Waals surface area contributed by atoms with Gasteiger partial charge in [0, 0.05) is 12.8 Å². The van der Waals surface area contributed by atoms with Gasteiger partial charge in [0.2, 0.25) is 5.91 Å². The third-order valence-corrected chi connectivity index (χ3v) is 15.7. The van der Waals surface area contributed by atoms with Crippen molar-refractivity contribution < 1.29 is 24.5 Å². The van der Waals surface area contributed by atoms with Gasteiger partial charge in [-0.2, -0.15) is 0 Å². The number of aliphatic hydroxyl groups is 2. The Kier molecular flexibility index (Phi) is 63.0. The number of esters is 1. The van der Waals surface area contributed by atoms with Crippen molar-refractivity contribution >= 4 is 11.9 Å². The second kappa shape index (κ2) is 64.6. The Morgan fingerprint density at radius 2 is 0.667 bits per heavy atom. The van der Waals surface area contributed by atoms with Gasteiger partial charge in [-0.1, -0.05) is 307 Å². The molecule has 442 valence electrons. The molecule has 6 nitrogen and oxygen atoms in total. The van der Waals surface area contributed by atoms with E-state index in [2.05, 4.69) is 55.6 Å². The van der Waals surface area contributed by atoms with Crippen LogP contribution in [0.15, 0.2) is 36.5 Å². The van der Waals surface area contributed by atoms with E-state index in [0.717, 1.165) is 51.4 Å². The van der Waals surface area contributed by atoms with Crippen LogP contribution in [0.1, 0.15) is 367 Å². The van der Waals surface area contributed by atoms with Gasteiger partial charge < -0.3 is 20.3 Å². The highest BCUT2D eigenvalue weighted by Gasteiger charge is 2.20. The van der Waals surface area contributed by atoms with E-state index in [0.29, 0.717) is 25.9 Å². The number of allylic oxidation sites excluding steroid dienone is 6. The molecule has 1 amide bonds. The first-order valence-corrected chi connectivity index (χ1v) is 33.7. The fourth-order valence-corrected chi connectivity index (χ4v) is 10.5. The summed E-state index contributed by atoms with van der Waals surface area (Å²) in [6, 6.07) is -0.540. The summed E-state index contributed by atoms with van der Waals surface area (Å²) in [4.78, 5) is 24.6. The van der Waals surface area contributed by atoms with Crippen molar-refractivity contribution in [2.75, 3.05) is 13.2 Å². The number of nitrogens with one attached hydrogen (secondary N) is 1. The van der Waals surface area contributed by atoms with E-state index in [1.807, 2.05) is 0 Å². The Balaban J connectivity index is 3.35. The van der Waals surface area contributed by atoms with E-state index in [-0.39, 0.29) is 18.5 Å². The number of hydrogen-bond acceptors (Lipinski definition) is 5. The SMILES string of the molecule is CCCCC/C=C\C/C=C\CCCCCCCCCC(=O)OCCCCCCCCCCCCCC/C=C\CCCCCCCCCCCCCCCC(=O)NC(CO)C(O)CCCCCCCCCCCCCC. The minimum absolute atomic E-state index is 0.00891. The lowest BCUT2D eigenvalue weighted by Gasteiger charge is -2.22. The van der Waals surface area contributed by atoms with Crippen molar-refractivity contribution in [3.63, 3.8) is 0 Å². The Labute approximate surface area is 468 Å². The van der Waals surface area contributed by atoms with Crippen molar-refractivity contribution in [2.45, 2.75) is 379 Å². The quantitative estimate of drug-likeness (QED) is 0.0320.